The molecule has 0 radical (unpaired) electrons. The minimum Gasteiger partial charge on any atom is -0.394 e. The Hall–Kier alpha value is 1.19. The van der Waals surface area contributed by atoms with Crippen molar-refractivity contribution in [1.29, 1.82) is 0 Å². The third kappa shape index (κ3) is 43.4. The first-order chi connectivity index (χ1) is 8.14. The van der Waals surface area contributed by atoms with Gasteiger partial charge in [0, 0.05) is 0 Å². The van der Waals surface area contributed by atoms with Gasteiger partial charge >= 0.3 is 51.4 Å². The number of aliphatic hydroxyl groups excluding tert-OH is 2. The van der Waals surface area contributed by atoms with E-state index in [0.717, 1.165) is 19.3 Å². The Morgan fingerprint density at radius 2 is 1.94 bits per heavy atom. The van der Waals surface area contributed by atoms with E-state index in [1.165, 1.54) is 12.8 Å². The van der Waals surface area contributed by atoms with Crippen molar-refractivity contribution in [2.45, 2.75) is 52.1 Å². The Labute approximate surface area is 155 Å². The Morgan fingerprint density at radius 3 is 2.00 bits per heavy atom. The molecule has 0 aromatic carbocycles. The fraction of sp³-hybridized carbons (Fsp3) is 0.846. The molecule has 4 nitrogen and oxygen atoms in total. The fourth-order valence-corrected chi connectivity index (χ4v) is 0.566. The van der Waals surface area contributed by atoms with Crippen LogP contribution >= 0.6 is 0 Å². The predicted octanol–water partition coefficient (Wildman–Crippen LogP) is -1.44. The molecule has 0 rings (SSSR count). The molecular formula is C13H30KNO3. The summed E-state index contributed by atoms with van der Waals surface area (Å²) in [6.07, 6.45) is 4.91. The number of nitrogens with one attached hydrogen (secondary N) is 1. The number of unbranched alkanes of at least 4 members (excludes halogenated alkanes) is 2. The summed E-state index contributed by atoms with van der Waals surface area (Å²) >= 11 is 0. The van der Waals surface area contributed by atoms with E-state index in [0.29, 0.717) is 12.8 Å². The largest absolute Gasteiger partial charge is 1.00 e. The van der Waals surface area contributed by atoms with E-state index in [-0.39, 0.29) is 58.0 Å². The van der Waals surface area contributed by atoms with Crippen LogP contribution in [0.1, 0.15) is 46.0 Å². The van der Waals surface area contributed by atoms with E-state index in [9.17, 15) is 4.79 Å². The molecule has 106 valence electrons. The van der Waals surface area contributed by atoms with E-state index in [4.69, 9.17) is 10.2 Å². The summed E-state index contributed by atoms with van der Waals surface area (Å²) in [5.74, 6) is 0. The molecule has 0 aliphatic carbocycles. The maximum Gasteiger partial charge on any atom is 1.00 e. The molecule has 3 N–H and O–H groups in total. The normalized spacial score (nSPS) is 9.89. The van der Waals surface area contributed by atoms with Crippen LogP contribution in [0.15, 0.2) is 0 Å². The molecule has 1 atom stereocenters. The summed E-state index contributed by atoms with van der Waals surface area (Å²) in [5.41, 5.74) is 0. The van der Waals surface area contributed by atoms with Gasteiger partial charge in [-0.15, -0.1) is 0 Å². The Morgan fingerprint density at radius 1 is 1.39 bits per heavy atom. The van der Waals surface area contributed by atoms with Crippen molar-refractivity contribution in [1.82, 2.24) is 5.32 Å². The van der Waals surface area contributed by atoms with Gasteiger partial charge in [-0.2, -0.15) is 6.42 Å². The van der Waals surface area contributed by atoms with Gasteiger partial charge in [-0.3, -0.25) is 0 Å². The Kier molecular flexibility index (Phi) is 47.2. The molecule has 0 amide bonds. The molecule has 0 aliphatic heterocycles. The van der Waals surface area contributed by atoms with E-state index in [2.05, 4.69) is 19.2 Å². The van der Waals surface area contributed by atoms with Crippen LogP contribution < -0.4 is 56.7 Å². The SMILES string of the molecule is CCC(O)CO.CCCCNC.[CH2-]CCC=O.[K+]. The average Bonchev–Trinajstić information content (AvgIpc) is 2.37. The molecule has 0 aliphatic rings. The summed E-state index contributed by atoms with van der Waals surface area (Å²) in [5, 5.41) is 19.6. The van der Waals surface area contributed by atoms with Crippen molar-refractivity contribution < 1.29 is 66.4 Å². The third-order valence-electron chi connectivity index (χ3n) is 1.78. The summed E-state index contributed by atoms with van der Waals surface area (Å²) in [6, 6.07) is 0. The van der Waals surface area contributed by atoms with Crippen LogP contribution in [0, 0.1) is 6.92 Å². The number of aliphatic hydroxyl groups is 2. The zero-order chi connectivity index (χ0) is 13.9. The third-order valence-corrected chi connectivity index (χ3v) is 1.78. The maximum atomic E-state index is 9.36. The van der Waals surface area contributed by atoms with Crippen LogP contribution in [0.25, 0.3) is 0 Å². The smallest absolute Gasteiger partial charge is 0.394 e. The molecule has 0 fully saturated rings. The molecule has 0 heterocycles. The monoisotopic (exact) mass is 287 g/mol. The first kappa shape index (κ1) is 27.5. The summed E-state index contributed by atoms with van der Waals surface area (Å²) in [7, 11) is 1.98. The van der Waals surface area contributed by atoms with E-state index >= 15 is 0 Å². The first-order valence-corrected chi connectivity index (χ1v) is 6.30. The van der Waals surface area contributed by atoms with Gasteiger partial charge in [0.25, 0.3) is 0 Å². The second-order valence-corrected chi connectivity index (χ2v) is 3.51. The Balaban J connectivity index is -0.0000000799. The summed E-state index contributed by atoms with van der Waals surface area (Å²) < 4.78 is 0. The van der Waals surface area contributed by atoms with E-state index < -0.39 is 6.10 Å². The van der Waals surface area contributed by atoms with Gasteiger partial charge in [-0.05, 0) is 32.9 Å². The molecule has 0 spiro atoms. The first-order valence-electron chi connectivity index (χ1n) is 6.30. The molecule has 0 saturated heterocycles. The number of hydrogen-bond acceptors (Lipinski definition) is 4. The van der Waals surface area contributed by atoms with Gasteiger partial charge in [-0.25, -0.2) is 0 Å². The van der Waals surface area contributed by atoms with E-state index in [1.54, 1.807) is 0 Å². The molecule has 0 saturated carbocycles. The number of hydrogen-bond donors (Lipinski definition) is 3. The molecule has 18 heavy (non-hydrogen) atoms. The quantitative estimate of drug-likeness (QED) is 0.232. The van der Waals surface area contributed by atoms with Crippen molar-refractivity contribution in [3.8, 4) is 0 Å². The minimum atomic E-state index is -0.509. The van der Waals surface area contributed by atoms with E-state index in [1.807, 2.05) is 14.0 Å². The zero-order valence-corrected chi connectivity index (χ0v) is 15.7. The molecule has 5 heteroatoms. The molecule has 1 unspecified atom stereocenters. The zero-order valence-electron chi connectivity index (χ0n) is 12.6. The fourth-order valence-electron chi connectivity index (χ4n) is 0.566. The second kappa shape index (κ2) is 30.9. The van der Waals surface area contributed by atoms with Crippen LogP contribution in [0.3, 0.4) is 0 Å². The topological polar surface area (TPSA) is 69.6 Å². The molecule has 0 bridgehead atoms. The summed E-state index contributed by atoms with van der Waals surface area (Å²) in [4.78, 5) is 9.36. The van der Waals surface area contributed by atoms with Crippen molar-refractivity contribution in [2.75, 3.05) is 20.2 Å². The van der Waals surface area contributed by atoms with Crippen LogP contribution in [-0.4, -0.2) is 42.8 Å². The van der Waals surface area contributed by atoms with Gasteiger partial charge in [0.1, 0.15) is 6.29 Å². The van der Waals surface area contributed by atoms with Crippen molar-refractivity contribution >= 4 is 6.29 Å². The Bertz CT molecular complexity index is 119. The van der Waals surface area contributed by atoms with Crippen molar-refractivity contribution in [3.05, 3.63) is 6.92 Å². The van der Waals surface area contributed by atoms with Gasteiger partial charge in [0.15, 0.2) is 0 Å². The van der Waals surface area contributed by atoms with Crippen LogP contribution in [0.4, 0.5) is 0 Å². The van der Waals surface area contributed by atoms with Crippen LogP contribution in [0.5, 0.6) is 0 Å². The molecule has 0 aromatic heterocycles. The standard InChI is InChI=1S/C5H13N.C4H10O2.C4H7O.K/c1-3-4-5-6-2;1-2-4(6)3-5;1-2-3-4-5;/h6H,3-5H2,1-2H3;4-6H,2-3H2,1H3;4H,1-3H2;/q;;-1;+1. The van der Waals surface area contributed by atoms with Crippen molar-refractivity contribution in [3.63, 3.8) is 0 Å². The molecular weight excluding hydrogens is 257 g/mol. The number of carbonyl (C=O) groups excluding carboxylic acids is 1. The average molecular weight is 287 g/mol. The predicted molar refractivity (Wildman–Crippen MR) is 72.9 cm³/mol. The van der Waals surface area contributed by atoms with Crippen LogP contribution in [-0.2, 0) is 4.79 Å². The van der Waals surface area contributed by atoms with Gasteiger partial charge in [0.2, 0.25) is 0 Å². The van der Waals surface area contributed by atoms with Crippen molar-refractivity contribution in [2.24, 2.45) is 0 Å². The minimum absolute atomic E-state index is 0. The second-order valence-electron chi connectivity index (χ2n) is 3.51. The number of carbonyl (C=O) groups is 1. The van der Waals surface area contributed by atoms with Gasteiger partial charge in [0.05, 0.1) is 12.7 Å². The van der Waals surface area contributed by atoms with Gasteiger partial charge < -0.3 is 27.2 Å². The summed E-state index contributed by atoms with van der Waals surface area (Å²) in [6.45, 7) is 8.50. The van der Waals surface area contributed by atoms with Gasteiger partial charge in [-0.1, -0.05) is 20.3 Å². The maximum absolute atomic E-state index is 9.36. The number of rotatable bonds is 7. The molecule has 0 aromatic rings. The number of aldehydes is 1. The van der Waals surface area contributed by atoms with Crippen LogP contribution in [0.2, 0.25) is 0 Å².